The summed E-state index contributed by atoms with van der Waals surface area (Å²) in [5, 5.41) is 5.82. The molecule has 2 atom stereocenters. The Balaban J connectivity index is 1.88. The molecule has 0 spiro atoms. The predicted molar refractivity (Wildman–Crippen MR) is 91.4 cm³/mol. The third kappa shape index (κ3) is 3.79. The Kier molecular flexibility index (Phi) is 5.66. The molecule has 2 unspecified atom stereocenters. The average Bonchev–Trinajstić information content (AvgIpc) is 2.54. The topological polar surface area (TPSA) is 81.7 Å². The first-order chi connectivity index (χ1) is 11.3. The summed E-state index contributed by atoms with van der Waals surface area (Å²) >= 11 is 0. The van der Waals surface area contributed by atoms with Gasteiger partial charge in [0.05, 0.1) is 12.2 Å². The van der Waals surface area contributed by atoms with Crippen molar-refractivity contribution in [2.75, 3.05) is 32.8 Å². The summed E-state index contributed by atoms with van der Waals surface area (Å²) in [6, 6.07) is 3.20. The molecule has 2 rings (SSSR count). The van der Waals surface area contributed by atoms with Gasteiger partial charge in [-0.05, 0) is 19.4 Å². The molecule has 2 N–H and O–H groups in total. The monoisotopic (exact) mass is 337 g/mol. The van der Waals surface area contributed by atoms with Gasteiger partial charge in [0.15, 0.2) is 0 Å². The summed E-state index contributed by atoms with van der Waals surface area (Å²) in [6.45, 7) is 7.15. The smallest absolute Gasteiger partial charge is 0.319 e. The van der Waals surface area contributed by atoms with Gasteiger partial charge in [0.1, 0.15) is 6.61 Å². The second-order valence-electron chi connectivity index (χ2n) is 6.74. The summed E-state index contributed by atoms with van der Waals surface area (Å²) in [5.41, 5.74) is 0.275. The van der Waals surface area contributed by atoms with Crippen molar-refractivity contribution >= 4 is 11.7 Å². The van der Waals surface area contributed by atoms with Crippen molar-refractivity contribution in [2.24, 2.45) is 5.41 Å². The maximum atomic E-state index is 12.2. The van der Waals surface area contributed by atoms with Gasteiger partial charge < -0.3 is 24.8 Å². The number of methoxy groups -OCH3 is 2. The Labute approximate surface area is 143 Å². The van der Waals surface area contributed by atoms with Crippen LogP contribution < -0.4 is 15.4 Å². The lowest BCUT2D eigenvalue weighted by atomic mass is 9.56. The van der Waals surface area contributed by atoms with Crippen LogP contribution in [0.3, 0.4) is 0 Å². The maximum absolute atomic E-state index is 12.2. The van der Waals surface area contributed by atoms with Crippen molar-refractivity contribution in [1.29, 1.82) is 0 Å². The van der Waals surface area contributed by atoms with E-state index in [2.05, 4.69) is 36.4 Å². The molecular weight excluding hydrogens is 310 g/mol. The highest BCUT2D eigenvalue weighted by molar-refractivity contribution is 5.89. The minimum absolute atomic E-state index is 0.0571. The number of pyridine rings is 1. The first-order valence-corrected chi connectivity index (χ1v) is 8.03. The molecule has 1 aromatic heterocycles. The third-order valence-electron chi connectivity index (χ3n) is 5.11. The number of nitrogens with zero attached hydrogens (tertiary/aromatic N) is 1. The largest absolute Gasteiger partial charge is 0.475 e. The fourth-order valence-electron chi connectivity index (χ4n) is 2.84. The van der Waals surface area contributed by atoms with E-state index in [0.717, 1.165) is 6.42 Å². The van der Waals surface area contributed by atoms with Crippen LogP contribution in [-0.4, -0.2) is 50.1 Å². The number of hydrogen-bond donors (Lipinski definition) is 2. The van der Waals surface area contributed by atoms with Gasteiger partial charge in [-0.15, -0.1) is 0 Å². The van der Waals surface area contributed by atoms with Gasteiger partial charge >= 0.3 is 6.03 Å². The van der Waals surface area contributed by atoms with Crippen LogP contribution in [0, 0.1) is 5.41 Å². The number of carbonyl (C=O) groups excluding carboxylic acids is 1. The second-order valence-corrected chi connectivity index (χ2v) is 6.74. The molecule has 1 aliphatic rings. The summed E-state index contributed by atoms with van der Waals surface area (Å²) in [5.74, 6) is 0.445. The summed E-state index contributed by atoms with van der Waals surface area (Å²) in [4.78, 5) is 16.3. The number of anilines is 1. The fraction of sp³-hybridized carbons (Fsp3) is 0.647. The number of carbonyl (C=O) groups is 1. The molecule has 0 saturated heterocycles. The van der Waals surface area contributed by atoms with E-state index in [1.807, 2.05) is 0 Å². The molecule has 0 aromatic carbocycles. The Hall–Kier alpha value is -1.86. The first-order valence-electron chi connectivity index (χ1n) is 8.03. The number of nitrogens with one attached hydrogen (secondary N) is 2. The number of rotatable bonds is 7. The summed E-state index contributed by atoms with van der Waals surface area (Å²) < 4.78 is 15.9. The molecule has 1 saturated carbocycles. The number of ether oxygens (including phenoxy) is 3. The summed E-state index contributed by atoms with van der Waals surface area (Å²) in [7, 11) is 3.32. The second kappa shape index (κ2) is 7.36. The minimum atomic E-state index is -0.250. The molecule has 0 radical (unpaired) electrons. The molecule has 1 aliphatic carbocycles. The van der Waals surface area contributed by atoms with Crippen LogP contribution in [-0.2, 0) is 9.47 Å². The molecule has 7 nitrogen and oxygen atoms in total. The Morgan fingerprint density at radius 3 is 2.71 bits per heavy atom. The van der Waals surface area contributed by atoms with Crippen molar-refractivity contribution < 1.29 is 19.0 Å². The van der Waals surface area contributed by atoms with E-state index in [1.54, 1.807) is 32.5 Å². The molecule has 0 bridgehead atoms. The van der Waals surface area contributed by atoms with Crippen LogP contribution in [0.25, 0.3) is 0 Å². The Bertz CT molecular complexity index is 579. The van der Waals surface area contributed by atoms with Gasteiger partial charge in [0.25, 0.3) is 0 Å². The molecule has 24 heavy (non-hydrogen) atoms. The van der Waals surface area contributed by atoms with Gasteiger partial charge in [-0.25, -0.2) is 9.78 Å². The number of aromatic nitrogens is 1. The highest BCUT2D eigenvalue weighted by Gasteiger charge is 2.58. The Morgan fingerprint density at radius 1 is 1.33 bits per heavy atom. The molecule has 1 fully saturated rings. The van der Waals surface area contributed by atoms with Crippen LogP contribution in [0.5, 0.6) is 5.88 Å². The molecule has 2 amide bonds. The van der Waals surface area contributed by atoms with E-state index in [1.165, 1.54) is 0 Å². The molecule has 7 heteroatoms. The molecule has 0 aliphatic heterocycles. The fourth-order valence-corrected chi connectivity index (χ4v) is 2.84. The molecular formula is C17H27N3O4. The number of hydrogen-bond acceptors (Lipinski definition) is 5. The van der Waals surface area contributed by atoms with Crippen molar-refractivity contribution in [3.8, 4) is 5.88 Å². The zero-order chi connectivity index (χ0) is 17.8. The van der Waals surface area contributed by atoms with Crippen LogP contribution >= 0.6 is 0 Å². The first kappa shape index (κ1) is 18.5. The summed E-state index contributed by atoms with van der Waals surface area (Å²) in [6.07, 6.45) is 2.37. The lowest BCUT2D eigenvalue weighted by Gasteiger charge is -2.59. The van der Waals surface area contributed by atoms with Crippen molar-refractivity contribution in [3.05, 3.63) is 18.3 Å². The normalized spacial score (nSPS) is 24.8. The highest BCUT2D eigenvalue weighted by atomic mass is 16.5. The molecule has 1 heterocycles. The third-order valence-corrected chi connectivity index (χ3v) is 5.11. The lowest BCUT2D eigenvalue weighted by Crippen LogP contribution is -2.68. The minimum Gasteiger partial charge on any atom is -0.475 e. The van der Waals surface area contributed by atoms with E-state index in [-0.39, 0.29) is 23.1 Å². The average molecular weight is 337 g/mol. The highest BCUT2D eigenvalue weighted by Crippen LogP contribution is 2.51. The van der Waals surface area contributed by atoms with Gasteiger partial charge in [0.2, 0.25) is 5.88 Å². The lowest BCUT2D eigenvalue weighted by molar-refractivity contribution is -0.177. The molecule has 1 aromatic rings. The van der Waals surface area contributed by atoms with Crippen molar-refractivity contribution in [2.45, 2.75) is 38.8 Å². The van der Waals surface area contributed by atoms with E-state index in [9.17, 15) is 4.79 Å². The van der Waals surface area contributed by atoms with Crippen LogP contribution in [0.4, 0.5) is 10.5 Å². The predicted octanol–water partition coefficient (Wildman–Crippen LogP) is 2.43. The van der Waals surface area contributed by atoms with Gasteiger partial charge in [-0.3, -0.25) is 0 Å². The van der Waals surface area contributed by atoms with Crippen LogP contribution in [0.2, 0.25) is 0 Å². The standard InChI is InChI=1S/C17H27N3O4/c1-16(2)13(11-17(16,3)23-5)20-15(21)19-12-6-7-18-14(10-12)24-9-8-22-4/h6-7,10,13H,8-9,11H2,1-5H3,(H2,18,19,20,21). The van der Waals surface area contributed by atoms with Crippen LogP contribution in [0.1, 0.15) is 27.2 Å². The van der Waals surface area contributed by atoms with E-state index in [0.29, 0.717) is 24.8 Å². The van der Waals surface area contributed by atoms with Crippen LogP contribution in [0.15, 0.2) is 18.3 Å². The number of urea groups is 1. The van der Waals surface area contributed by atoms with E-state index in [4.69, 9.17) is 14.2 Å². The van der Waals surface area contributed by atoms with Crippen molar-refractivity contribution in [3.63, 3.8) is 0 Å². The van der Waals surface area contributed by atoms with E-state index >= 15 is 0 Å². The number of amides is 2. The van der Waals surface area contributed by atoms with Gasteiger partial charge in [0, 0.05) is 43.6 Å². The van der Waals surface area contributed by atoms with E-state index < -0.39 is 0 Å². The van der Waals surface area contributed by atoms with Gasteiger partial charge in [-0.2, -0.15) is 0 Å². The zero-order valence-corrected chi connectivity index (χ0v) is 15.0. The van der Waals surface area contributed by atoms with Crippen molar-refractivity contribution in [1.82, 2.24) is 10.3 Å². The van der Waals surface area contributed by atoms with Gasteiger partial charge in [-0.1, -0.05) is 13.8 Å². The zero-order valence-electron chi connectivity index (χ0n) is 15.0. The maximum Gasteiger partial charge on any atom is 0.319 e. The molecule has 134 valence electrons. The SMILES string of the molecule is COCCOc1cc(NC(=O)NC2CC(C)(OC)C2(C)C)ccn1. The quantitative estimate of drug-likeness (QED) is 0.747. The Morgan fingerprint density at radius 2 is 2.08 bits per heavy atom.